The molecular formula is C24H30ClN3O4. The normalized spacial score (nSPS) is 21.7. The molecule has 1 saturated heterocycles. The van der Waals surface area contributed by atoms with E-state index in [4.69, 9.17) is 11.6 Å². The molecular weight excluding hydrogens is 430 g/mol. The Balaban J connectivity index is 1.60. The number of hydrogen-bond acceptors (Lipinski definition) is 5. The van der Waals surface area contributed by atoms with Crippen LogP contribution >= 0.6 is 11.6 Å². The molecule has 0 bridgehead atoms. The number of benzene rings is 1. The number of rotatable bonds is 11. The highest BCUT2D eigenvalue weighted by Crippen LogP contribution is 2.37. The van der Waals surface area contributed by atoms with Gasteiger partial charge >= 0.3 is 0 Å². The summed E-state index contributed by atoms with van der Waals surface area (Å²) in [4.78, 5) is 37.6. The number of carbonyl (C=O) groups excluding carboxylic acids is 3. The summed E-state index contributed by atoms with van der Waals surface area (Å²) in [5, 5.41) is 26.3. The average molecular weight is 460 g/mol. The smallest absolute Gasteiger partial charge is 0.224 e. The van der Waals surface area contributed by atoms with Gasteiger partial charge in [0.05, 0.1) is 11.7 Å². The summed E-state index contributed by atoms with van der Waals surface area (Å²) >= 11 is 5.90. The van der Waals surface area contributed by atoms with E-state index < -0.39 is 17.6 Å². The number of Topliss-reactive ketones (excluding diaryl/α,β-unsaturated/α-hetero) is 1. The third-order valence-corrected chi connectivity index (χ3v) is 6.57. The Hall–Kier alpha value is -2.43. The number of nitriles is 1. The molecule has 2 aliphatic rings. The largest absolute Gasteiger partial charge is 0.385 e. The monoisotopic (exact) mass is 459 g/mol. The molecule has 1 saturated carbocycles. The summed E-state index contributed by atoms with van der Waals surface area (Å²) in [6, 6.07) is 7.98. The predicted octanol–water partition coefficient (Wildman–Crippen LogP) is 2.85. The lowest BCUT2D eigenvalue weighted by Gasteiger charge is -2.25. The summed E-state index contributed by atoms with van der Waals surface area (Å²) in [7, 11) is 0. The van der Waals surface area contributed by atoms with Crippen LogP contribution in [0.4, 0.5) is 0 Å². The number of aliphatic hydroxyl groups is 1. The summed E-state index contributed by atoms with van der Waals surface area (Å²) < 4.78 is 0. The zero-order valence-electron chi connectivity index (χ0n) is 18.3. The van der Waals surface area contributed by atoms with Gasteiger partial charge in [0.1, 0.15) is 11.8 Å². The number of nitrogens with one attached hydrogen (secondary N) is 2. The van der Waals surface area contributed by atoms with Gasteiger partial charge in [0, 0.05) is 36.2 Å². The maximum atomic E-state index is 12.9. The SMILES string of the molecule is CC(O)(CC(=O)CC(CC1CC1)C(=O)NC(C#N)CC1CCNC1=O)c1ccc(Cl)cc1. The van der Waals surface area contributed by atoms with Crippen molar-refractivity contribution < 1.29 is 19.5 Å². The Labute approximate surface area is 193 Å². The van der Waals surface area contributed by atoms with Gasteiger partial charge in [-0.05, 0) is 49.8 Å². The molecule has 7 nitrogen and oxygen atoms in total. The highest BCUT2D eigenvalue weighted by Gasteiger charge is 2.35. The van der Waals surface area contributed by atoms with Crippen molar-refractivity contribution in [2.45, 2.75) is 63.5 Å². The van der Waals surface area contributed by atoms with Crippen molar-refractivity contribution in [2.75, 3.05) is 6.54 Å². The van der Waals surface area contributed by atoms with Crippen LogP contribution in [-0.2, 0) is 20.0 Å². The summed E-state index contributed by atoms with van der Waals surface area (Å²) in [6.07, 6.45) is 3.46. The van der Waals surface area contributed by atoms with Crippen LogP contribution in [0.1, 0.15) is 57.4 Å². The van der Waals surface area contributed by atoms with Gasteiger partial charge in [-0.3, -0.25) is 14.4 Å². The number of hydrogen-bond donors (Lipinski definition) is 3. The molecule has 2 fully saturated rings. The molecule has 1 heterocycles. The van der Waals surface area contributed by atoms with E-state index in [0.29, 0.717) is 35.9 Å². The zero-order chi connectivity index (χ0) is 23.3. The zero-order valence-corrected chi connectivity index (χ0v) is 19.0. The van der Waals surface area contributed by atoms with Gasteiger partial charge in [0.25, 0.3) is 0 Å². The second-order valence-corrected chi connectivity index (χ2v) is 9.72. The van der Waals surface area contributed by atoms with Crippen molar-refractivity contribution in [3.05, 3.63) is 34.9 Å². The predicted molar refractivity (Wildman–Crippen MR) is 119 cm³/mol. The van der Waals surface area contributed by atoms with Crippen molar-refractivity contribution in [1.29, 1.82) is 5.26 Å². The first kappa shape index (κ1) is 24.2. The first-order valence-electron chi connectivity index (χ1n) is 11.2. The molecule has 1 aromatic rings. The fraction of sp³-hybridized carbons (Fsp3) is 0.583. The fourth-order valence-corrected chi connectivity index (χ4v) is 4.39. The molecule has 1 aliphatic carbocycles. The van der Waals surface area contributed by atoms with Crippen LogP contribution in [0.5, 0.6) is 0 Å². The lowest BCUT2D eigenvalue weighted by Crippen LogP contribution is -2.41. The van der Waals surface area contributed by atoms with E-state index in [2.05, 4.69) is 16.7 Å². The van der Waals surface area contributed by atoms with Crippen LogP contribution in [0.3, 0.4) is 0 Å². The fourth-order valence-electron chi connectivity index (χ4n) is 4.27. The van der Waals surface area contributed by atoms with Gasteiger partial charge < -0.3 is 15.7 Å². The van der Waals surface area contributed by atoms with E-state index in [-0.39, 0.29) is 42.8 Å². The minimum absolute atomic E-state index is 0.00807. The van der Waals surface area contributed by atoms with Crippen LogP contribution in [0.15, 0.2) is 24.3 Å². The highest BCUT2D eigenvalue weighted by molar-refractivity contribution is 6.30. The number of carbonyl (C=O) groups is 3. The molecule has 0 aromatic heterocycles. The topological polar surface area (TPSA) is 119 Å². The summed E-state index contributed by atoms with van der Waals surface area (Å²) in [5.74, 6) is -1.05. The van der Waals surface area contributed by atoms with E-state index >= 15 is 0 Å². The molecule has 3 N–H and O–H groups in total. The molecule has 172 valence electrons. The van der Waals surface area contributed by atoms with Crippen LogP contribution in [0.2, 0.25) is 5.02 Å². The molecule has 3 rings (SSSR count). The van der Waals surface area contributed by atoms with E-state index in [1.807, 2.05) is 0 Å². The molecule has 4 atom stereocenters. The number of ketones is 1. The summed E-state index contributed by atoms with van der Waals surface area (Å²) in [5.41, 5.74) is -0.786. The van der Waals surface area contributed by atoms with Crippen LogP contribution < -0.4 is 10.6 Å². The Morgan fingerprint density at radius 1 is 1.28 bits per heavy atom. The van der Waals surface area contributed by atoms with Gasteiger partial charge in [0.2, 0.25) is 11.8 Å². The first-order chi connectivity index (χ1) is 15.2. The maximum Gasteiger partial charge on any atom is 0.224 e. The van der Waals surface area contributed by atoms with Crippen molar-refractivity contribution in [3.8, 4) is 6.07 Å². The second kappa shape index (κ2) is 10.5. The number of amides is 2. The Morgan fingerprint density at radius 3 is 2.53 bits per heavy atom. The maximum absolute atomic E-state index is 12.9. The third kappa shape index (κ3) is 6.78. The van der Waals surface area contributed by atoms with Gasteiger partial charge in [-0.25, -0.2) is 0 Å². The molecule has 0 spiro atoms. The minimum Gasteiger partial charge on any atom is -0.385 e. The van der Waals surface area contributed by atoms with Crippen LogP contribution in [0.25, 0.3) is 0 Å². The molecule has 32 heavy (non-hydrogen) atoms. The molecule has 4 unspecified atom stereocenters. The average Bonchev–Trinajstić information content (AvgIpc) is 3.47. The Morgan fingerprint density at radius 2 is 1.97 bits per heavy atom. The quantitative estimate of drug-likeness (QED) is 0.470. The number of halogens is 1. The minimum atomic E-state index is -1.37. The van der Waals surface area contributed by atoms with E-state index in [0.717, 1.165) is 12.8 Å². The van der Waals surface area contributed by atoms with Crippen molar-refractivity contribution >= 4 is 29.2 Å². The van der Waals surface area contributed by atoms with Gasteiger partial charge in [-0.2, -0.15) is 5.26 Å². The van der Waals surface area contributed by atoms with Crippen molar-refractivity contribution in [2.24, 2.45) is 17.8 Å². The second-order valence-electron chi connectivity index (χ2n) is 9.28. The lowest BCUT2D eigenvalue weighted by molar-refractivity contribution is -0.132. The van der Waals surface area contributed by atoms with Crippen LogP contribution in [0, 0.1) is 29.1 Å². The van der Waals surface area contributed by atoms with Crippen LogP contribution in [-0.4, -0.2) is 35.3 Å². The van der Waals surface area contributed by atoms with Gasteiger partial charge in [-0.15, -0.1) is 0 Å². The lowest BCUT2D eigenvalue weighted by atomic mass is 9.86. The Bertz CT molecular complexity index is 890. The van der Waals surface area contributed by atoms with E-state index in [9.17, 15) is 24.8 Å². The molecule has 0 radical (unpaired) electrons. The molecule has 1 aliphatic heterocycles. The standard InChI is InChI=1S/C24H30ClN3O4/c1-24(32,18-4-6-19(25)7-5-18)13-21(29)12-17(10-15-2-3-15)23(31)28-20(14-26)11-16-8-9-27-22(16)30/h4-7,15-17,20,32H,2-3,8-13H2,1H3,(H,27,30)(H,28,31). The molecule has 2 amide bonds. The Kier molecular flexibility index (Phi) is 7.91. The van der Waals surface area contributed by atoms with Crippen molar-refractivity contribution in [3.63, 3.8) is 0 Å². The third-order valence-electron chi connectivity index (χ3n) is 6.32. The number of nitrogens with zero attached hydrogens (tertiary/aromatic N) is 1. The first-order valence-corrected chi connectivity index (χ1v) is 11.5. The molecule has 8 heteroatoms. The van der Waals surface area contributed by atoms with E-state index in [1.165, 1.54) is 0 Å². The van der Waals surface area contributed by atoms with Gasteiger partial charge in [-0.1, -0.05) is 36.6 Å². The van der Waals surface area contributed by atoms with E-state index in [1.54, 1.807) is 31.2 Å². The molecule has 1 aromatic carbocycles. The van der Waals surface area contributed by atoms with Gasteiger partial charge in [0.15, 0.2) is 0 Å². The highest BCUT2D eigenvalue weighted by atomic mass is 35.5. The summed E-state index contributed by atoms with van der Waals surface area (Å²) in [6.45, 7) is 2.16. The van der Waals surface area contributed by atoms with Crippen molar-refractivity contribution in [1.82, 2.24) is 10.6 Å².